The third-order valence-electron chi connectivity index (χ3n) is 2.00. The van der Waals surface area contributed by atoms with E-state index in [0.29, 0.717) is 0 Å². The molecular weight excluding hydrogens is 164 g/mol. The Morgan fingerprint density at radius 3 is 2.69 bits per heavy atom. The van der Waals surface area contributed by atoms with E-state index < -0.39 is 0 Å². The van der Waals surface area contributed by atoms with Gasteiger partial charge in [0.25, 0.3) is 0 Å². The molecule has 0 aliphatic rings. The second-order valence-electron chi connectivity index (χ2n) is 3.06. The first-order valence-corrected chi connectivity index (χ1v) is 4.42. The van der Waals surface area contributed by atoms with Crippen LogP contribution >= 0.6 is 0 Å². The molecule has 0 saturated heterocycles. The summed E-state index contributed by atoms with van der Waals surface area (Å²) in [6.45, 7) is 1.04. The highest BCUT2D eigenvalue weighted by Crippen LogP contribution is 2.20. The van der Waals surface area contributed by atoms with Crippen molar-refractivity contribution in [2.75, 3.05) is 30.8 Å². The number of para-hydroxylation sites is 2. The molecule has 0 aromatic heterocycles. The molecular formula is C10H16N2O. The van der Waals surface area contributed by atoms with E-state index in [4.69, 9.17) is 10.8 Å². The van der Waals surface area contributed by atoms with E-state index in [1.54, 1.807) is 0 Å². The molecule has 13 heavy (non-hydrogen) atoms. The van der Waals surface area contributed by atoms with Gasteiger partial charge in [0.15, 0.2) is 0 Å². The van der Waals surface area contributed by atoms with Gasteiger partial charge in [0.2, 0.25) is 0 Å². The Kier molecular flexibility index (Phi) is 3.58. The Balaban J connectivity index is 2.65. The average molecular weight is 180 g/mol. The van der Waals surface area contributed by atoms with Crippen LogP contribution in [0.15, 0.2) is 24.3 Å². The van der Waals surface area contributed by atoms with Crippen molar-refractivity contribution < 1.29 is 5.11 Å². The Bertz CT molecular complexity index is 263. The van der Waals surface area contributed by atoms with Crippen molar-refractivity contribution >= 4 is 11.4 Å². The number of hydrogen-bond acceptors (Lipinski definition) is 3. The number of hydrogen-bond donors (Lipinski definition) is 2. The molecule has 0 radical (unpaired) electrons. The molecule has 0 spiro atoms. The van der Waals surface area contributed by atoms with E-state index in [2.05, 4.69) is 0 Å². The summed E-state index contributed by atoms with van der Waals surface area (Å²) in [5.74, 6) is 0. The zero-order chi connectivity index (χ0) is 9.68. The molecule has 0 fully saturated rings. The van der Waals surface area contributed by atoms with Gasteiger partial charge in [0, 0.05) is 20.2 Å². The number of rotatable bonds is 4. The largest absolute Gasteiger partial charge is 0.397 e. The summed E-state index contributed by atoms with van der Waals surface area (Å²) in [6.07, 6.45) is 0.769. The molecule has 0 aliphatic heterocycles. The average Bonchev–Trinajstić information content (AvgIpc) is 2.15. The monoisotopic (exact) mass is 180 g/mol. The third kappa shape index (κ3) is 2.63. The van der Waals surface area contributed by atoms with Crippen LogP contribution in [0.3, 0.4) is 0 Å². The maximum atomic E-state index is 8.67. The second-order valence-corrected chi connectivity index (χ2v) is 3.06. The number of anilines is 2. The van der Waals surface area contributed by atoms with Crippen LogP contribution in [0.4, 0.5) is 11.4 Å². The summed E-state index contributed by atoms with van der Waals surface area (Å²) in [6, 6.07) is 7.73. The van der Waals surface area contributed by atoms with E-state index >= 15 is 0 Å². The number of nitrogen functional groups attached to an aromatic ring is 1. The molecule has 1 rings (SSSR count). The highest BCUT2D eigenvalue weighted by atomic mass is 16.3. The first-order valence-electron chi connectivity index (χ1n) is 4.42. The Morgan fingerprint density at radius 1 is 1.38 bits per heavy atom. The lowest BCUT2D eigenvalue weighted by atomic mass is 10.2. The SMILES string of the molecule is CN(CCCO)c1ccccc1N. The van der Waals surface area contributed by atoms with E-state index in [1.807, 2.05) is 36.2 Å². The Hall–Kier alpha value is -1.22. The van der Waals surface area contributed by atoms with Crippen LogP contribution in [0.2, 0.25) is 0 Å². The molecule has 0 heterocycles. The van der Waals surface area contributed by atoms with Crippen molar-refractivity contribution in [3.8, 4) is 0 Å². The maximum absolute atomic E-state index is 8.67. The van der Waals surface area contributed by atoms with Crippen molar-refractivity contribution in [1.29, 1.82) is 0 Å². The van der Waals surface area contributed by atoms with Gasteiger partial charge in [-0.25, -0.2) is 0 Å². The van der Waals surface area contributed by atoms with Crippen molar-refractivity contribution in [2.24, 2.45) is 0 Å². The fourth-order valence-corrected chi connectivity index (χ4v) is 1.26. The van der Waals surface area contributed by atoms with Crippen molar-refractivity contribution in [3.05, 3.63) is 24.3 Å². The molecule has 0 bridgehead atoms. The minimum Gasteiger partial charge on any atom is -0.397 e. The molecule has 0 amide bonds. The second kappa shape index (κ2) is 4.72. The van der Waals surface area contributed by atoms with Crippen molar-refractivity contribution in [1.82, 2.24) is 0 Å². The third-order valence-corrected chi connectivity index (χ3v) is 2.00. The molecule has 3 nitrogen and oxygen atoms in total. The lowest BCUT2D eigenvalue weighted by molar-refractivity contribution is 0.290. The number of aliphatic hydroxyl groups is 1. The Labute approximate surface area is 78.8 Å². The van der Waals surface area contributed by atoms with Crippen LogP contribution in [-0.4, -0.2) is 25.3 Å². The minimum absolute atomic E-state index is 0.219. The lowest BCUT2D eigenvalue weighted by Gasteiger charge is -2.20. The fraction of sp³-hybridized carbons (Fsp3) is 0.400. The number of aliphatic hydroxyl groups excluding tert-OH is 1. The standard InChI is InChI=1S/C10H16N2O/c1-12(7-4-8-13)10-6-3-2-5-9(10)11/h2-3,5-6,13H,4,7-8,11H2,1H3. The summed E-state index contributed by atoms with van der Waals surface area (Å²) in [5.41, 5.74) is 7.59. The van der Waals surface area contributed by atoms with Crippen LogP contribution in [0, 0.1) is 0 Å². The van der Waals surface area contributed by atoms with Crippen molar-refractivity contribution in [3.63, 3.8) is 0 Å². The molecule has 0 aliphatic carbocycles. The van der Waals surface area contributed by atoms with Crippen LogP contribution in [-0.2, 0) is 0 Å². The summed E-state index contributed by atoms with van der Waals surface area (Å²) < 4.78 is 0. The van der Waals surface area contributed by atoms with E-state index in [9.17, 15) is 0 Å². The lowest BCUT2D eigenvalue weighted by Crippen LogP contribution is -2.20. The van der Waals surface area contributed by atoms with Gasteiger partial charge in [-0.15, -0.1) is 0 Å². The molecule has 0 atom stereocenters. The maximum Gasteiger partial charge on any atom is 0.0597 e. The molecule has 72 valence electrons. The van der Waals surface area contributed by atoms with Gasteiger partial charge in [-0.05, 0) is 18.6 Å². The summed E-state index contributed by atoms with van der Waals surface area (Å²) >= 11 is 0. The molecule has 1 aromatic carbocycles. The predicted molar refractivity (Wildman–Crippen MR) is 55.8 cm³/mol. The van der Waals surface area contributed by atoms with Gasteiger partial charge in [0.1, 0.15) is 0 Å². The summed E-state index contributed by atoms with van der Waals surface area (Å²) in [7, 11) is 1.97. The van der Waals surface area contributed by atoms with Gasteiger partial charge in [-0.2, -0.15) is 0 Å². The van der Waals surface area contributed by atoms with Crippen LogP contribution < -0.4 is 10.6 Å². The molecule has 1 aromatic rings. The first-order chi connectivity index (χ1) is 6.25. The van der Waals surface area contributed by atoms with Gasteiger partial charge in [0.05, 0.1) is 11.4 Å². The zero-order valence-corrected chi connectivity index (χ0v) is 7.90. The zero-order valence-electron chi connectivity index (χ0n) is 7.90. The number of benzene rings is 1. The molecule has 0 unspecified atom stereocenters. The molecule has 3 N–H and O–H groups in total. The molecule has 3 heteroatoms. The van der Waals surface area contributed by atoms with Crippen LogP contribution in [0.25, 0.3) is 0 Å². The van der Waals surface area contributed by atoms with Gasteiger partial charge in [-0.3, -0.25) is 0 Å². The van der Waals surface area contributed by atoms with E-state index in [1.165, 1.54) is 0 Å². The summed E-state index contributed by atoms with van der Waals surface area (Å²) in [4.78, 5) is 2.05. The van der Waals surface area contributed by atoms with Gasteiger partial charge in [-0.1, -0.05) is 12.1 Å². The minimum atomic E-state index is 0.219. The number of nitrogens with two attached hydrogens (primary N) is 1. The predicted octanol–water partition coefficient (Wildman–Crippen LogP) is 1.09. The normalized spacial score (nSPS) is 10.0. The van der Waals surface area contributed by atoms with Gasteiger partial charge < -0.3 is 15.7 Å². The highest BCUT2D eigenvalue weighted by molar-refractivity contribution is 5.66. The topological polar surface area (TPSA) is 49.5 Å². The summed E-state index contributed by atoms with van der Waals surface area (Å²) in [5, 5.41) is 8.67. The number of nitrogens with zero attached hydrogens (tertiary/aromatic N) is 1. The highest BCUT2D eigenvalue weighted by Gasteiger charge is 2.02. The molecule has 0 saturated carbocycles. The fourth-order valence-electron chi connectivity index (χ4n) is 1.26. The van der Waals surface area contributed by atoms with Crippen molar-refractivity contribution in [2.45, 2.75) is 6.42 Å². The Morgan fingerprint density at radius 2 is 2.08 bits per heavy atom. The van der Waals surface area contributed by atoms with Crippen LogP contribution in [0.1, 0.15) is 6.42 Å². The smallest absolute Gasteiger partial charge is 0.0597 e. The van der Waals surface area contributed by atoms with Gasteiger partial charge >= 0.3 is 0 Å². The van der Waals surface area contributed by atoms with E-state index in [-0.39, 0.29) is 6.61 Å². The quantitative estimate of drug-likeness (QED) is 0.682. The van der Waals surface area contributed by atoms with Crippen LogP contribution in [0.5, 0.6) is 0 Å². The first kappa shape index (κ1) is 9.86. The van der Waals surface area contributed by atoms with E-state index in [0.717, 1.165) is 24.3 Å².